The number of aromatic hydroxyl groups is 1. The Labute approximate surface area is 121 Å². The predicted molar refractivity (Wildman–Crippen MR) is 74.0 cm³/mol. The molecular weight excluding hydrogens is 274 g/mol. The third-order valence-corrected chi connectivity index (χ3v) is 2.82. The standard InChI is InChI=1S/C15H13NO5/c1-20-14(18)12-7-10(8-13(16-12)15(19)21-2)9-3-5-11(17)6-4-9/h3-8,17H,1-2H3. The smallest absolute Gasteiger partial charge is 0.356 e. The van der Waals surface area contributed by atoms with Crippen LogP contribution < -0.4 is 0 Å². The molecular formula is C15H13NO5. The third kappa shape index (κ3) is 3.17. The number of nitrogens with zero attached hydrogens (tertiary/aromatic N) is 1. The number of rotatable bonds is 3. The highest BCUT2D eigenvalue weighted by Crippen LogP contribution is 2.23. The fraction of sp³-hybridized carbons (Fsp3) is 0.133. The number of pyridine rings is 1. The molecule has 1 N–H and O–H groups in total. The van der Waals surface area contributed by atoms with Gasteiger partial charge in [-0.05, 0) is 35.4 Å². The van der Waals surface area contributed by atoms with E-state index in [4.69, 9.17) is 0 Å². The van der Waals surface area contributed by atoms with Gasteiger partial charge < -0.3 is 14.6 Å². The van der Waals surface area contributed by atoms with Crippen LogP contribution in [0.4, 0.5) is 0 Å². The van der Waals surface area contributed by atoms with Crippen molar-refractivity contribution in [3.05, 3.63) is 47.8 Å². The number of esters is 2. The molecule has 108 valence electrons. The maximum absolute atomic E-state index is 11.6. The summed E-state index contributed by atoms with van der Waals surface area (Å²) in [5.74, 6) is -1.18. The third-order valence-electron chi connectivity index (χ3n) is 2.82. The first-order chi connectivity index (χ1) is 10.0. The van der Waals surface area contributed by atoms with Gasteiger partial charge in [0.2, 0.25) is 0 Å². The van der Waals surface area contributed by atoms with Crippen LogP contribution in [0.3, 0.4) is 0 Å². The molecule has 2 rings (SSSR count). The molecule has 0 radical (unpaired) electrons. The SMILES string of the molecule is COC(=O)c1cc(-c2ccc(O)cc2)cc(C(=O)OC)n1. The second-order valence-corrected chi connectivity index (χ2v) is 4.16. The summed E-state index contributed by atoms with van der Waals surface area (Å²) in [4.78, 5) is 27.2. The van der Waals surface area contributed by atoms with E-state index in [2.05, 4.69) is 14.5 Å². The lowest BCUT2D eigenvalue weighted by Gasteiger charge is -2.07. The number of ether oxygens (including phenoxy) is 2. The first kappa shape index (κ1) is 14.5. The molecule has 1 aromatic carbocycles. The zero-order valence-corrected chi connectivity index (χ0v) is 11.5. The highest BCUT2D eigenvalue weighted by atomic mass is 16.5. The second kappa shape index (κ2) is 6.04. The van der Waals surface area contributed by atoms with Crippen LogP contribution in [0.5, 0.6) is 5.75 Å². The second-order valence-electron chi connectivity index (χ2n) is 4.16. The molecule has 0 atom stereocenters. The van der Waals surface area contributed by atoms with E-state index in [1.54, 1.807) is 12.1 Å². The first-order valence-corrected chi connectivity index (χ1v) is 6.03. The number of carbonyl (C=O) groups excluding carboxylic acids is 2. The number of hydrogen-bond acceptors (Lipinski definition) is 6. The van der Waals surface area contributed by atoms with Crippen molar-refractivity contribution in [2.75, 3.05) is 14.2 Å². The van der Waals surface area contributed by atoms with Crippen molar-refractivity contribution in [3.8, 4) is 16.9 Å². The van der Waals surface area contributed by atoms with Crippen molar-refractivity contribution in [3.63, 3.8) is 0 Å². The largest absolute Gasteiger partial charge is 0.508 e. The molecule has 0 fully saturated rings. The van der Waals surface area contributed by atoms with E-state index < -0.39 is 11.9 Å². The molecule has 0 aliphatic heterocycles. The molecule has 1 heterocycles. The summed E-state index contributed by atoms with van der Waals surface area (Å²) in [6.07, 6.45) is 0. The fourth-order valence-electron chi connectivity index (χ4n) is 1.77. The van der Waals surface area contributed by atoms with E-state index in [1.807, 2.05) is 0 Å². The van der Waals surface area contributed by atoms with Gasteiger partial charge in [-0.15, -0.1) is 0 Å². The minimum Gasteiger partial charge on any atom is -0.508 e. The average Bonchev–Trinajstić information content (AvgIpc) is 2.53. The van der Waals surface area contributed by atoms with Crippen LogP contribution in [0.15, 0.2) is 36.4 Å². The molecule has 2 aromatic rings. The molecule has 0 spiro atoms. The number of hydrogen-bond donors (Lipinski definition) is 1. The van der Waals surface area contributed by atoms with Gasteiger partial charge in [0.25, 0.3) is 0 Å². The highest BCUT2D eigenvalue weighted by Gasteiger charge is 2.16. The average molecular weight is 287 g/mol. The van der Waals surface area contributed by atoms with Crippen molar-refractivity contribution in [2.45, 2.75) is 0 Å². The van der Waals surface area contributed by atoms with Crippen LogP contribution in [-0.2, 0) is 9.47 Å². The Balaban J connectivity index is 2.56. The van der Waals surface area contributed by atoms with E-state index in [0.717, 1.165) is 0 Å². The molecule has 6 nitrogen and oxygen atoms in total. The normalized spacial score (nSPS) is 10.0. The van der Waals surface area contributed by atoms with Crippen molar-refractivity contribution in [2.24, 2.45) is 0 Å². The predicted octanol–water partition coefficient (Wildman–Crippen LogP) is 2.03. The Hall–Kier alpha value is -2.89. The molecule has 0 amide bonds. The summed E-state index contributed by atoms with van der Waals surface area (Å²) in [5, 5.41) is 9.30. The molecule has 0 unspecified atom stereocenters. The van der Waals surface area contributed by atoms with E-state index in [9.17, 15) is 14.7 Å². The highest BCUT2D eigenvalue weighted by molar-refractivity contribution is 5.93. The number of carbonyl (C=O) groups is 2. The van der Waals surface area contributed by atoms with Gasteiger partial charge in [-0.2, -0.15) is 0 Å². The Bertz CT molecular complexity index is 645. The summed E-state index contributed by atoms with van der Waals surface area (Å²) >= 11 is 0. The monoisotopic (exact) mass is 287 g/mol. The maximum atomic E-state index is 11.6. The van der Waals surface area contributed by atoms with E-state index in [1.165, 1.54) is 38.5 Å². The lowest BCUT2D eigenvalue weighted by atomic mass is 10.0. The quantitative estimate of drug-likeness (QED) is 0.869. The van der Waals surface area contributed by atoms with Gasteiger partial charge in [-0.25, -0.2) is 14.6 Å². The number of methoxy groups -OCH3 is 2. The van der Waals surface area contributed by atoms with Crippen molar-refractivity contribution < 1.29 is 24.2 Å². The molecule has 0 aliphatic carbocycles. The van der Waals surface area contributed by atoms with Gasteiger partial charge in [-0.3, -0.25) is 0 Å². The van der Waals surface area contributed by atoms with Crippen LogP contribution in [0.2, 0.25) is 0 Å². The van der Waals surface area contributed by atoms with Gasteiger partial charge in [0.1, 0.15) is 17.1 Å². The summed E-state index contributed by atoms with van der Waals surface area (Å²) in [7, 11) is 2.46. The van der Waals surface area contributed by atoms with Gasteiger partial charge in [-0.1, -0.05) is 12.1 Å². The van der Waals surface area contributed by atoms with Gasteiger partial charge >= 0.3 is 11.9 Å². The zero-order valence-electron chi connectivity index (χ0n) is 11.5. The molecule has 0 bridgehead atoms. The lowest BCUT2D eigenvalue weighted by Crippen LogP contribution is -2.11. The number of aromatic nitrogens is 1. The molecule has 6 heteroatoms. The van der Waals surface area contributed by atoms with Gasteiger partial charge in [0, 0.05) is 0 Å². The van der Waals surface area contributed by atoms with Crippen LogP contribution >= 0.6 is 0 Å². The molecule has 0 saturated heterocycles. The number of phenolic OH excluding ortho intramolecular Hbond substituents is 1. The molecule has 21 heavy (non-hydrogen) atoms. The van der Waals surface area contributed by atoms with Gasteiger partial charge in [0.05, 0.1) is 14.2 Å². The van der Waals surface area contributed by atoms with Crippen LogP contribution in [0.1, 0.15) is 21.0 Å². The van der Waals surface area contributed by atoms with E-state index >= 15 is 0 Å². The number of benzene rings is 1. The Morgan fingerprint density at radius 2 is 1.38 bits per heavy atom. The molecule has 0 saturated carbocycles. The summed E-state index contributed by atoms with van der Waals surface area (Å²) in [6.45, 7) is 0. The topological polar surface area (TPSA) is 85.7 Å². The van der Waals surface area contributed by atoms with Crippen molar-refractivity contribution in [1.29, 1.82) is 0 Å². The molecule has 0 aliphatic rings. The Morgan fingerprint density at radius 1 is 0.905 bits per heavy atom. The van der Waals surface area contributed by atoms with E-state index in [0.29, 0.717) is 11.1 Å². The molecule has 1 aromatic heterocycles. The summed E-state index contributed by atoms with van der Waals surface area (Å²) in [5.41, 5.74) is 1.31. The fourth-order valence-corrected chi connectivity index (χ4v) is 1.77. The summed E-state index contributed by atoms with van der Waals surface area (Å²) in [6, 6.07) is 9.34. The van der Waals surface area contributed by atoms with Crippen molar-refractivity contribution in [1.82, 2.24) is 4.98 Å². The van der Waals surface area contributed by atoms with E-state index in [-0.39, 0.29) is 17.1 Å². The summed E-state index contributed by atoms with van der Waals surface area (Å²) < 4.78 is 9.24. The Kier molecular flexibility index (Phi) is 4.18. The van der Waals surface area contributed by atoms with Crippen LogP contribution in [0.25, 0.3) is 11.1 Å². The van der Waals surface area contributed by atoms with Gasteiger partial charge in [0.15, 0.2) is 0 Å². The number of phenols is 1. The minimum atomic E-state index is -0.652. The van der Waals surface area contributed by atoms with Crippen LogP contribution in [0, 0.1) is 0 Å². The maximum Gasteiger partial charge on any atom is 0.356 e. The zero-order chi connectivity index (χ0) is 15.4. The van der Waals surface area contributed by atoms with Crippen LogP contribution in [-0.4, -0.2) is 36.2 Å². The minimum absolute atomic E-state index is 0.00322. The van der Waals surface area contributed by atoms with Crippen molar-refractivity contribution >= 4 is 11.9 Å². The lowest BCUT2D eigenvalue weighted by molar-refractivity contribution is 0.0586. The Morgan fingerprint density at radius 3 is 1.81 bits per heavy atom. The first-order valence-electron chi connectivity index (χ1n) is 6.03.